The van der Waals surface area contributed by atoms with E-state index in [1.165, 1.54) is 48.9 Å². The summed E-state index contributed by atoms with van der Waals surface area (Å²) in [7, 11) is 0. The first-order valence-electron chi connectivity index (χ1n) is 7.40. The van der Waals surface area contributed by atoms with Crippen LogP contribution in [0.2, 0.25) is 0 Å². The molecular weight excluding hydrogens is 218 g/mol. The highest BCUT2D eigenvalue weighted by Gasteiger charge is 2.04. The van der Waals surface area contributed by atoms with Crippen molar-refractivity contribution in [1.29, 1.82) is 0 Å². The number of hydrogen-bond donors (Lipinski definition) is 1. The van der Waals surface area contributed by atoms with Crippen LogP contribution < -0.4 is 5.32 Å². The van der Waals surface area contributed by atoms with Crippen molar-refractivity contribution in [1.82, 2.24) is 5.32 Å². The SMILES string of the molecule is CCCNCCC(C)CCc1ccc(C)cc1C. The van der Waals surface area contributed by atoms with Gasteiger partial charge in [-0.2, -0.15) is 0 Å². The molecule has 1 unspecified atom stereocenters. The summed E-state index contributed by atoms with van der Waals surface area (Å²) < 4.78 is 0. The first-order chi connectivity index (χ1) is 8.63. The summed E-state index contributed by atoms with van der Waals surface area (Å²) in [6, 6.07) is 6.82. The van der Waals surface area contributed by atoms with E-state index in [-0.39, 0.29) is 0 Å². The molecule has 1 heteroatoms. The number of benzene rings is 1. The van der Waals surface area contributed by atoms with Crippen LogP contribution in [-0.4, -0.2) is 13.1 Å². The molecular formula is C17H29N. The molecule has 0 aliphatic heterocycles. The van der Waals surface area contributed by atoms with Gasteiger partial charge < -0.3 is 5.32 Å². The molecule has 0 aliphatic carbocycles. The molecule has 0 aromatic heterocycles. The van der Waals surface area contributed by atoms with Crippen LogP contribution in [0.3, 0.4) is 0 Å². The molecule has 0 amide bonds. The van der Waals surface area contributed by atoms with Crippen LogP contribution in [0, 0.1) is 19.8 Å². The van der Waals surface area contributed by atoms with Gasteiger partial charge in [-0.25, -0.2) is 0 Å². The van der Waals surface area contributed by atoms with Gasteiger partial charge in [0.2, 0.25) is 0 Å². The lowest BCUT2D eigenvalue weighted by molar-refractivity contribution is 0.470. The number of hydrogen-bond acceptors (Lipinski definition) is 1. The Balaban J connectivity index is 2.27. The third-order valence-corrected chi connectivity index (χ3v) is 3.65. The monoisotopic (exact) mass is 247 g/mol. The van der Waals surface area contributed by atoms with Crippen LogP contribution in [-0.2, 0) is 6.42 Å². The molecule has 0 bridgehead atoms. The minimum atomic E-state index is 0.815. The molecule has 102 valence electrons. The number of rotatable bonds is 8. The fourth-order valence-electron chi connectivity index (χ4n) is 2.32. The Bertz CT molecular complexity index is 343. The smallest absolute Gasteiger partial charge is 0.00464 e. The lowest BCUT2D eigenvalue weighted by Gasteiger charge is -2.13. The maximum absolute atomic E-state index is 3.48. The van der Waals surface area contributed by atoms with E-state index < -0.39 is 0 Å². The van der Waals surface area contributed by atoms with Gasteiger partial charge in [0.1, 0.15) is 0 Å². The second-order valence-corrected chi connectivity index (χ2v) is 5.61. The van der Waals surface area contributed by atoms with Gasteiger partial charge in [-0.15, -0.1) is 0 Å². The predicted octanol–water partition coefficient (Wildman–Crippen LogP) is 4.26. The third-order valence-electron chi connectivity index (χ3n) is 3.65. The van der Waals surface area contributed by atoms with Gasteiger partial charge >= 0.3 is 0 Å². The Morgan fingerprint density at radius 1 is 1.11 bits per heavy atom. The first-order valence-corrected chi connectivity index (χ1v) is 7.40. The van der Waals surface area contributed by atoms with Crippen LogP contribution in [0.1, 0.15) is 49.8 Å². The average molecular weight is 247 g/mol. The van der Waals surface area contributed by atoms with Gasteiger partial charge in [0, 0.05) is 0 Å². The van der Waals surface area contributed by atoms with E-state index >= 15 is 0 Å². The van der Waals surface area contributed by atoms with E-state index in [1.807, 2.05) is 0 Å². The Hall–Kier alpha value is -0.820. The van der Waals surface area contributed by atoms with E-state index in [0.717, 1.165) is 12.5 Å². The van der Waals surface area contributed by atoms with Crippen molar-refractivity contribution in [2.24, 2.45) is 5.92 Å². The fraction of sp³-hybridized carbons (Fsp3) is 0.647. The summed E-state index contributed by atoms with van der Waals surface area (Å²) in [5, 5.41) is 3.48. The average Bonchev–Trinajstić information content (AvgIpc) is 2.33. The molecule has 0 radical (unpaired) electrons. The topological polar surface area (TPSA) is 12.0 Å². The van der Waals surface area contributed by atoms with Gasteiger partial charge in [-0.1, -0.05) is 37.6 Å². The second-order valence-electron chi connectivity index (χ2n) is 5.61. The minimum absolute atomic E-state index is 0.815. The van der Waals surface area contributed by atoms with E-state index in [0.29, 0.717) is 0 Å². The Labute approximate surface area is 113 Å². The summed E-state index contributed by atoms with van der Waals surface area (Å²) in [5.74, 6) is 0.815. The van der Waals surface area contributed by atoms with Gasteiger partial charge in [-0.05, 0) is 69.7 Å². The zero-order valence-corrected chi connectivity index (χ0v) is 12.6. The quantitative estimate of drug-likeness (QED) is 0.677. The molecule has 1 rings (SSSR count). The zero-order valence-electron chi connectivity index (χ0n) is 12.6. The lowest BCUT2D eigenvalue weighted by Crippen LogP contribution is -2.18. The maximum Gasteiger partial charge on any atom is -0.00464 e. The molecule has 1 atom stereocenters. The van der Waals surface area contributed by atoms with E-state index in [2.05, 4.69) is 51.2 Å². The molecule has 0 aliphatic rings. The standard InChI is InChI=1S/C17H29N/c1-5-11-18-12-10-14(2)6-8-17-9-7-15(3)13-16(17)4/h7,9,13-14,18H,5-6,8,10-12H2,1-4H3. The van der Waals surface area contributed by atoms with Crippen LogP contribution >= 0.6 is 0 Å². The van der Waals surface area contributed by atoms with Crippen LogP contribution in [0.5, 0.6) is 0 Å². The van der Waals surface area contributed by atoms with Crippen molar-refractivity contribution in [3.8, 4) is 0 Å². The van der Waals surface area contributed by atoms with Crippen LogP contribution in [0.25, 0.3) is 0 Å². The van der Waals surface area contributed by atoms with Crippen molar-refractivity contribution in [2.75, 3.05) is 13.1 Å². The summed E-state index contributed by atoms with van der Waals surface area (Å²) in [6.07, 6.45) is 5.06. The molecule has 1 aromatic rings. The highest BCUT2D eigenvalue weighted by Crippen LogP contribution is 2.16. The van der Waals surface area contributed by atoms with Crippen LogP contribution in [0.4, 0.5) is 0 Å². The van der Waals surface area contributed by atoms with E-state index in [4.69, 9.17) is 0 Å². The summed E-state index contributed by atoms with van der Waals surface area (Å²) in [5.41, 5.74) is 4.34. The third kappa shape index (κ3) is 5.68. The van der Waals surface area contributed by atoms with Gasteiger partial charge in [0.05, 0.1) is 0 Å². The van der Waals surface area contributed by atoms with Gasteiger partial charge in [0.15, 0.2) is 0 Å². The van der Waals surface area contributed by atoms with E-state index in [1.54, 1.807) is 0 Å². The maximum atomic E-state index is 3.48. The van der Waals surface area contributed by atoms with Crippen LogP contribution in [0.15, 0.2) is 18.2 Å². The second kappa shape index (κ2) is 8.31. The molecule has 1 N–H and O–H groups in total. The number of nitrogens with one attached hydrogen (secondary N) is 1. The van der Waals surface area contributed by atoms with Crippen molar-refractivity contribution >= 4 is 0 Å². The summed E-state index contributed by atoms with van der Waals surface area (Å²) in [6.45, 7) is 11.3. The zero-order chi connectivity index (χ0) is 13.4. The summed E-state index contributed by atoms with van der Waals surface area (Å²) in [4.78, 5) is 0. The molecule has 1 aromatic carbocycles. The Morgan fingerprint density at radius 2 is 1.89 bits per heavy atom. The lowest BCUT2D eigenvalue weighted by atomic mass is 9.95. The number of aryl methyl sites for hydroxylation is 3. The first kappa shape index (κ1) is 15.2. The predicted molar refractivity (Wildman–Crippen MR) is 81.2 cm³/mol. The Kier molecular flexibility index (Phi) is 7.04. The molecule has 0 saturated carbocycles. The van der Waals surface area contributed by atoms with E-state index in [9.17, 15) is 0 Å². The Morgan fingerprint density at radius 3 is 2.56 bits per heavy atom. The van der Waals surface area contributed by atoms with Crippen molar-refractivity contribution < 1.29 is 0 Å². The molecule has 1 nitrogen and oxygen atoms in total. The molecule has 18 heavy (non-hydrogen) atoms. The largest absolute Gasteiger partial charge is 0.317 e. The highest BCUT2D eigenvalue weighted by atomic mass is 14.8. The van der Waals surface area contributed by atoms with Crippen molar-refractivity contribution in [3.63, 3.8) is 0 Å². The minimum Gasteiger partial charge on any atom is -0.317 e. The van der Waals surface area contributed by atoms with Gasteiger partial charge in [0.25, 0.3) is 0 Å². The molecule has 0 saturated heterocycles. The normalized spacial score (nSPS) is 12.7. The molecule has 0 fully saturated rings. The highest BCUT2D eigenvalue weighted by molar-refractivity contribution is 5.30. The summed E-state index contributed by atoms with van der Waals surface area (Å²) >= 11 is 0. The fourth-order valence-corrected chi connectivity index (χ4v) is 2.32. The van der Waals surface area contributed by atoms with Crippen molar-refractivity contribution in [3.05, 3.63) is 34.9 Å². The van der Waals surface area contributed by atoms with Crippen molar-refractivity contribution in [2.45, 2.75) is 53.4 Å². The molecule has 0 spiro atoms. The van der Waals surface area contributed by atoms with Gasteiger partial charge in [-0.3, -0.25) is 0 Å². The molecule has 0 heterocycles.